The van der Waals surface area contributed by atoms with Crippen LogP contribution >= 0.6 is 0 Å². The number of carbonyl (C=O) groups is 2. The highest BCUT2D eigenvalue weighted by molar-refractivity contribution is 6.05. The maximum absolute atomic E-state index is 11.1. The van der Waals surface area contributed by atoms with Crippen LogP contribution in [0.25, 0.3) is 0 Å². The summed E-state index contributed by atoms with van der Waals surface area (Å²) in [5.41, 5.74) is 0. The standard InChI is InChI=1S/C8H11NO2/c1-9-5-6-4-7(10)2-3-8(6)11/h2-3,6,9H,4-5H2,1H3. The first kappa shape index (κ1) is 8.14. The second kappa shape index (κ2) is 3.44. The number of hydrogen-bond donors (Lipinski definition) is 1. The molecule has 1 unspecified atom stereocenters. The van der Waals surface area contributed by atoms with Gasteiger partial charge in [0.1, 0.15) is 0 Å². The maximum atomic E-state index is 11.1. The molecule has 0 amide bonds. The van der Waals surface area contributed by atoms with Gasteiger partial charge in [0.15, 0.2) is 11.6 Å². The fourth-order valence-electron chi connectivity index (χ4n) is 1.14. The van der Waals surface area contributed by atoms with Crippen molar-refractivity contribution < 1.29 is 9.59 Å². The van der Waals surface area contributed by atoms with E-state index < -0.39 is 0 Å². The Balaban J connectivity index is 2.60. The number of ketones is 2. The fourth-order valence-corrected chi connectivity index (χ4v) is 1.14. The average molecular weight is 153 g/mol. The Labute approximate surface area is 65.5 Å². The van der Waals surface area contributed by atoms with Crippen molar-refractivity contribution in [3.8, 4) is 0 Å². The minimum Gasteiger partial charge on any atom is -0.319 e. The van der Waals surface area contributed by atoms with Crippen LogP contribution in [0.15, 0.2) is 12.2 Å². The topological polar surface area (TPSA) is 46.2 Å². The van der Waals surface area contributed by atoms with E-state index in [1.54, 1.807) is 7.05 Å². The van der Waals surface area contributed by atoms with Crippen LogP contribution in [-0.4, -0.2) is 25.2 Å². The molecule has 0 aromatic rings. The molecule has 0 saturated heterocycles. The Morgan fingerprint density at radius 2 is 2.27 bits per heavy atom. The Kier molecular flexibility index (Phi) is 2.54. The van der Waals surface area contributed by atoms with Gasteiger partial charge >= 0.3 is 0 Å². The normalized spacial score (nSPS) is 24.3. The van der Waals surface area contributed by atoms with E-state index in [0.29, 0.717) is 13.0 Å². The Bertz CT molecular complexity index is 208. The van der Waals surface area contributed by atoms with Gasteiger partial charge in [-0.2, -0.15) is 0 Å². The van der Waals surface area contributed by atoms with Crippen molar-refractivity contribution in [1.82, 2.24) is 5.32 Å². The highest BCUT2D eigenvalue weighted by Gasteiger charge is 2.21. The monoisotopic (exact) mass is 153 g/mol. The fraction of sp³-hybridized carbons (Fsp3) is 0.500. The third kappa shape index (κ3) is 1.98. The second-order valence-electron chi connectivity index (χ2n) is 2.66. The number of carbonyl (C=O) groups excluding carboxylic acids is 2. The number of hydrogen-bond acceptors (Lipinski definition) is 3. The van der Waals surface area contributed by atoms with Crippen molar-refractivity contribution in [1.29, 1.82) is 0 Å². The van der Waals surface area contributed by atoms with E-state index in [4.69, 9.17) is 0 Å². The summed E-state index contributed by atoms with van der Waals surface area (Å²) in [7, 11) is 1.77. The van der Waals surface area contributed by atoms with E-state index in [9.17, 15) is 9.59 Å². The third-order valence-electron chi connectivity index (χ3n) is 1.73. The van der Waals surface area contributed by atoms with E-state index in [0.717, 1.165) is 0 Å². The van der Waals surface area contributed by atoms with Gasteiger partial charge in [-0.3, -0.25) is 9.59 Å². The van der Waals surface area contributed by atoms with E-state index in [2.05, 4.69) is 5.32 Å². The van der Waals surface area contributed by atoms with E-state index >= 15 is 0 Å². The molecule has 60 valence electrons. The molecule has 0 radical (unpaired) electrons. The first-order chi connectivity index (χ1) is 5.24. The molecule has 0 heterocycles. The molecule has 3 nitrogen and oxygen atoms in total. The molecule has 1 rings (SSSR count). The van der Waals surface area contributed by atoms with Crippen LogP contribution in [0.2, 0.25) is 0 Å². The smallest absolute Gasteiger partial charge is 0.160 e. The summed E-state index contributed by atoms with van der Waals surface area (Å²) in [5, 5.41) is 2.88. The first-order valence-electron chi connectivity index (χ1n) is 3.63. The van der Waals surface area contributed by atoms with E-state index in [1.807, 2.05) is 0 Å². The molecule has 3 heteroatoms. The lowest BCUT2D eigenvalue weighted by Crippen LogP contribution is -2.29. The van der Waals surface area contributed by atoms with Gasteiger partial charge in [0.05, 0.1) is 0 Å². The molecule has 0 aromatic carbocycles. The van der Waals surface area contributed by atoms with Crippen LogP contribution < -0.4 is 5.32 Å². The van der Waals surface area contributed by atoms with Crippen molar-refractivity contribution in [2.24, 2.45) is 5.92 Å². The molecular formula is C8H11NO2. The molecular weight excluding hydrogens is 142 g/mol. The molecule has 1 N–H and O–H groups in total. The summed E-state index contributed by atoms with van der Waals surface area (Å²) in [4.78, 5) is 21.9. The van der Waals surface area contributed by atoms with Gasteiger partial charge in [-0.05, 0) is 19.2 Å². The maximum Gasteiger partial charge on any atom is 0.160 e. The van der Waals surface area contributed by atoms with Crippen molar-refractivity contribution in [3.63, 3.8) is 0 Å². The Morgan fingerprint density at radius 1 is 1.55 bits per heavy atom. The van der Waals surface area contributed by atoms with Gasteiger partial charge < -0.3 is 5.32 Å². The SMILES string of the molecule is CNCC1CC(=O)C=CC1=O. The minimum absolute atomic E-state index is 0.0462. The summed E-state index contributed by atoms with van der Waals surface area (Å²) in [6.45, 7) is 0.592. The first-order valence-corrected chi connectivity index (χ1v) is 3.63. The van der Waals surface area contributed by atoms with Crippen molar-refractivity contribution >= 4 is 11.6 Å². The second-order valence-corrected chi connectivity index (χ2v) is 2.66. The predicted molar refractivity (Wildman–Crippen MR) is 41.2 cm³/mol. The molecule has 1 aliphatic rings. The third-order valence-corrected chi connectivity index (χ3v) is 1.73. The summed E-state index contributed by atoms with van der Waals surface area (Å²) in [6.07, 6.45) is 3.08. The summed E-state index contributed by atoms with van der Waals surface area (Å²) in [6, 6.07) is 0. The lowest BCUT2D eigenvalue weighted by molar-refractivity contribution is -0.124. The minimum atomic E-state index is -0.141. The van der Waals surface area contributed by atoms with Crippen molar-refractivity contribution in [2.45, 2.75) is 6.42 Å². The summed E-state index contributed by atoms with van der Waals surface area (Å²) in [5.74, 6) is -0.0405. The van der Waals surface area contributed by atoms with Gasteiger partial charge in [0.2, 0.25) is 0 Å². The molecule has 0 spiro atoms. The largest absolute Gasteiger partial charge is 0.319 e. The van der Waals surface area contributed by atoms with Gasteiger partial charge in [-0.25, -0.2) is 0 Å². The number of allylic oxidation sites excluding steroid dienone is 2. The zero-order valence-corrected chi connectivity index (χ0v) is 6.46. The zero-order chi connectivity index (χ0) is 8.27. The lowest BCUT2D eigenvalue weighted by Gasteiger charge is -2.14. The summed E-state index contributed by atoms with van der Waals surface area (Å²) < 4.78 is 0. The van der Waals surface area contributed by atoms with Crippen LogP contribution in [0.1, 0.15) is 6.42 Å². The van der Waals surface area contributed by atoms with Crippen molar-refractivity contribution in [2.75, 3.05) is 13.6 Å². The molecule has 0 saturated carbocycles. The van der Waals surface area contributed by atoms with Gasteiger partial charge in [0, 0.05) is 18.9 Å². The molecule has 11 heavy (non-hydrogen) atoms. The molecule has 0 aromatic heterocycles. The van der Waals surface area contributed by atoms with Gasteiger partial charge in [-0.1, -0.05) is 0 Å². The lowest BCUT2D eigenvalue weighted by atomic mass is 9.92. The van der Waals surface area contributed by atoms with Crippen LogP contribution in [0, 0.1) is 5.92 Å². The summed E-state index contributed by atoms with van der Waals surface area (Å²) >= 11 is 0. The van der Waals surface area contributed by atoms with E-state index in [1.165, 1.54) is 12.2 Å². The average Bonchev–Trinajstić information content (AvgIpc) is 1.98. The molecule has 0 aliphatic heterocycles. The Morgan fingerprint density at radius 3 is 2.91 bits per heavy atom. The number of nitrogens with one attached hydrogen (secondary N) is 1. The molecule has 1 atom stereocenters. The van der Waals surface area contributed by atoms with Crippen LogP contribution in [0.5, 0.6) is 0 Å². The quantitative estimate of drug-likeness (QED) is 0.603. The van der Waals surface area contributed by atoms with Gasteiger partial charge in [-0.15, -0.1) is 0 Å². The molecule has 0 fully saturated rings. The predicted octanol–water partition coefficient (Wildman–Crippen LogP) is -0.0799. The zero-order valence-electron chi connectivity index (χ0n) is 6.46. The highest BCUT2D eigenvalue weighted by atomic mass is 16.1. The van der Waals surface area contributed by atoms with Gasteiger partial charge in [0.25, 0.3) is 0 Å². The van der Waals surface area contributed by atoms with E-state index in [-0.39, 0.29) is 17.5 Å². The Hall–Kier alpha value is -0.960. The molecule has 0 bridgehead atoms. The molecule has 1 aliphatic carbocycles. The number of rotatable bonds is 2. The highest BCUT2D eigenvalue weighted by Crippen LogP contribution is 2.10. The van der Waals surface area contributed by atoms with Crippen LogP contribution in [-0.2, 0) is 9.59 Å². The van der Waals surface area contributed by atoms with Crippen LogP contribution in [0.4, 0.5) is 0 Å². The van der Waals surface area contributed by atoms with Crippen molar-refractivity contribution in [3.05, 3.63) is 12.2 Å². The van der Waals surface area contributed by atoms with Crippen LogP contribution in [0.3, 0.4) is 0 Å².